The lowest BCUT2D eigenvalue weighted by Crippen LogP contribution is -2.56. The lowest BCUT2D eigenvalue weighted by atomic mass is 9.85. The molecule has 2 aliphatic carbocycles. The van der Waals surface area contributed by atoms with Gasteiger partial charge >= 0.3 is 0 Å². The second-order valence-electron chi connectivity index (χ2n) is 8.72. The summed E-state index contributed by atoms with van der Waals surface area (Å²) in [4.78, 5) is 17.2. The molecule has 24 heavy (non-hydrogen) atoms. The molecule has 136 valence electrons. The highest BCUT2D eigenvalue weighted by Crippen LogP contribution is 2.47. The first-order valence-electron chi connectivity index (χ1n) is 10.4. The van der Waals surface area contributed by atoms with Crippen molar-refractivity contribution >= 4 is 5.91 Å². The molecule has 4 fully saturated rings. The molecule has 2 aliphatic heterocycles. The molecule has 4 rings (SSSR count). The Morgan fingerprint density at radius 1 is 0.917 bits per heavy atom. The number of piperidine rings is 1. The summed E-state index contributed by atoms with van der Waals surface area (Å²) in [7, 11) is 0. The van der Waals surface area contributed by atoms with E-state index in [0.717, 1.165) is 51.4 Å². The molecule has 1 amide bonds. The van der Waals surface area contributed by atoms with E-state index in [9.17, 15) is 4.79 Å². The Labute approximate surface area is 146 Å². The second-order valence-corrected chi connectivity index (χ2v) is 8.72. The Balaban J connectivity index is 1.46. The van der Waals surface area contributed by atoms with Crippen molar-refractivity contribution in [2.45, 2.75) is 101 Å². The van der Waals surface area contributed by atoms with Crippen molar-refractivity contribution in [2.75, 3.05) is 19.6 Å². The predicted molar refractivity (Wildman–Crippen MR) is 94.7 cm³/mol. The fourth-order valence-electron chi connectivity index (χ4n) is 5.83. The van der Waals surface area contributed by atoms with Crippen LogP contribution in [0.25, 0.3) is 0 Å². The lowest BCUT2D eigenvalue weighted by Gasteiger charge is -2.46. The van der Waals surface area contributed by atoms with Crippen molar-refractivity contribution in [2.24, 2.45) is 0 Å². The van der Waals surface area contributed by atoms with E-state index < -0.39 is 0 Å². The van der Waals surface area contributed by atoms with E-state index in [0.29, 0.717) is 0 Å². The molecular formula is C20H34N2O2. The monoisotopic (exact) mass is 334 g/mol. The van der Waals surface area contributed by atoms with Crippen LogP contribution in [0.5, 0.6) is 0 Å². The number of likely N-dealkylation sites (tertiary alicyclic amines) is 1. The summed E-state index contributed by atoms with van der Waals surface area (Å²) in [5.74, 6) is 0.212. The summed E-state index contributed by atoms with van der Waals surface area (Å²) in [6.45, 7) is 4.78. The van der Waals surface area contributed by atoms with Gasteiger partial charge in [0, 0.05) is 38.9 Å². The van der Waals surface area contributed by atoms with Crippen LogP contribution in [0.2, 0.25) is 0 Å². The van der Waals surface area contributed by atoms with Crippen molar-refractivity contribution < 1.29 is 9.53 Å². The zero-order chi connectivity index (χ0) is 16.6. The van der Waals surface area contributed by atoms with Gasteiger partial charge in [0.2, 0.25) is 5.91 Å². The first-order chi connectivity index (χ1) is 11.6. The van der Waals surface area contributed by atoms with Crippen LogP contribution in [-0.4, -0.2) is 52.7 Å². The second kappa shape index (κ2) is 6.60. The van der Waals surface area contributed by atoms with Crippen LogP contribution in [0, 0.1) is 0 Å². The van der Waals surface area contributed by atoms with Gasteiger partial charge in [-0.1, -0.05) is 38.5 Å². The average molecular weight is 335 g/mol. The van der Waals surface area contributed by atoms with Crippen LogP contribution < -0.4 is 0 Å². The van der Waals surface area contributed by atoms with E-state index in [1.165, 1.54) is 51.4 Å². The van der Waals surface area contributed by atoms with Crippen molar-refractivity contribution in [3.05, 3.63) is 0 Å². The maximum Gasteiger partial charge on any atom is 0.221 e. The normalized spacial score (nSPS) is 31.0. The highest BCUT2D eigenvalue weighted by Gasteiger charge is 2.56. The molecule has 0 atom stereocenters. The van der Waals surface area contributed by atoms with E-state index in [1.807, 2.05) is 0 Å². The zero-order valence-corrected chi connectivity index (χ0v) is 15.4. The van der Waals surface area contributed by atoms with E-state index in [-0.39, 0.29) is 17.2 Å². The summed E-state index contributed by atoms with van der Waals surface area (Å²) in [6.07, 6.45) is 15.1. The summed E-state index contributed by atoms with van der Waals surface area (Å²) in [6, 6.07) is 0.784. The van der Waals surface area contributed by atoms with E-state index >= 15 is 0 Å². The standard InChI is InChI=1S/C20H34N2O2/c1-17(23)22-16-19(10-6-3-7-11-19)24-20(22)12-14-21(15-13-20)18-8-4-2-5-9-18/h18H,2-16H2,1H3. The minimum Gasteiger partial charge on any atom is -0.347 e. The number of carbonyl (C=O) groups excluding carboxylic acids is 1. The van der Waals surface area contributed by atoms with Crippen molar-refractivity contribution in [1.82, 2.24) is 9.80 Å². The fourth-order valence-corrected chi connectivity index (χ4v) is 5.83. The smallest absolute Gasteiger partial charge is 0.221 e. The molecule has 4 aliphatic rings. The predicted octanol–water partition coefficient (Wildman–Crippen LogP) is 3.69. The summed E-state index contributed by atoms with van der Waals surface area (Å²) >= 11 is 0. The first kappa shape index (κ1) is 16.8. The molecule has 2 saturated heterocycles. The van der Waals surface area contributed by atoms with Gasteiger partial charge in [-0.25, -0.2) is 0 Å². The number of carbonyl (C=O) groups is 1. The van der Waals surface area contributed by atoms with E-state index in [4.69, 9.17) is 4.74 Å². The molecule has 0 aromatic rings. The topological polar surface area (TPSA) is 32.8 Å². The Bertz CT molecular complexity index is 458. The van der Waals surface area contributed by atoms with Gasteiger partial charge in [0.1, 0.15) is 5.72 Å². The Kier molecular flexibility index (Phi) is 4.63. The van der Waals surface area contributed by atoms with Crippen LogP contribution in [0.1, 0.15) is 84.0 Å². The van der Waals surface area contributed by atoms with Gasteiger partial charge in [-0.2, -0.15) is 0 Å². The summed E-state index contributed by atoms with van der Waals surface area (Å²) < 4.78 is 6.81. The van der Waals surface area contributed by atoms with Gasteiger partial charge in [-0.05, 0) is 25.7 Å². The third kappa shape index (κ3) is 3.01. The fraction of sp³-hybridized carbons (Fsp3) is 0.950. The maximum atomic E-state index is 12.4. The van der Waals surface area contributed by atoms with Crippen molar-refractivity contribution in [3.63, 3.8) is 0 Å². The minimum atomic E-state index is -0.297. The Hall–Kier alpha value is -0.610. The molecule has 2 spiro atoms. The zero-order valence-electron chi connectivity index (χ0n) is 15.4. The van der Waals surface area contributed by atoms with Gasteiger partial charge < -0.3 is 14.5 Å². The van der Waals surface area contributed by atoms with E-state index in [1.54, 1.807) is 6.92 Å². The third-order valence-corrected chi connectivity index (χ3v) is 7.16. The molecule has 2 heterocycles. The first-order valence-corrected chi connectivity index (χ1v) is 10.4. The number of hydrogen-bond donors (Lipinski definition) is 0. The van der Waals surface area contributed by atoms with Crippen LogP contribution >= 0.6 is 0 Å². The van der Waals surface area contributed by atoms with Crippen LogP contribution in [0.3, 0.4) is 0 Å². The van der Waals surface area contributed by atoms with Crippen LogP contribution in [0.15, 0.2) is 0 Å². The summed E-state index contributed by atoms with van der Waals surface area (Å²) in [5.41, 5.74) is -0.328. The highest BCUT2D eigenvalue weighted by atomic mass is 16.6. The molecule has 0 radical (unpaired) electrons. The number of nitrogens with zero attached hydrogens (tertiary/aromatic N) is 2. The van der Waals surface area contributed by atoms with Crippen molar-refractivity contribution in [3.8, 4) is 0 Å². The maximum absolute atomic E-state index is 12.4. The van der Waals surface area contributed by atoms with Gasteiger partial charge in [-0.3, -0.25) is 4.79 Å². The van der Waals surface area contributed by atoms with Gasteiger partial charge in [0.05, 0.1) is 12.1 Å². The Morgan fingerprint density at radius 2 is 1.54 bits per heavy atom. The molecule has 0 bridgehead atoms. The van der Waals surface area contributed by atoms with Crippen LogP contribution in [0.4, 0.5) is 0 Å². The van der Waals surface area contributed by atoms with Crippen LogP contribution in [-0.2, 0) is 9.53 Å². The highest BCUT2D eigenvalue weighted by molar-refractivity contribution is 5.74. The Morgan fingerprint density at radius 3 is 2.17 bits per heavy atom. The molecule has 0 unspecified atom stereocenters. The molecule has 2 saturated carbocycles. The molecule has 0 N–H and O–H groups in total. The largest absolute Gasteiger partial charge is 0.347 e. The molecule has 4 nitrogen and oxygen atoms in total. The van der Waals surface area contributed by atoms with E-state index in [2.05, 4.69) is 9.80 Å². The molecule has 4 heteroatoms. The number of hydrogen-bond acceptors (Lipinski definition) is 3. The molecule has 0 aromatic carbocycles. The average Bonchev–Trinajstić information content (AvgIpc) is 2.91. The number of rotatable bonds is 1. The quantitative estimate of drug-likeness (QED) is 0.733. The SMILES string of the molecule is CC(=O)N1CC2(CCCCC2)OC12CCN(C1CCCCC1)CC2. The van der Waals surface area contributed by atoms with Gasteiger partial charge in [-0.15, -0.1) is 0 Å². The third-order valence-electron chi connectivity index (χ3n) is 7.16. The number of ether oxygens (including phenoxy) is 1. The lowest BCUT2D eigenvalue weighted by molar-refractivity contribution is -0.182. The van der Waals surface area contributed by atoms with Gasteiger partial charge in [0.15, 0.2) is 0 Å². The van der Waals surface area contributed by atoms with Crippen molar-refractivity contribution in [1.29, 1.82) is 0 Å². The number of amides is 1. The minimum absolute atomic E-state index is 0.0308. The molecule has 0 aromatic heterocycles. The van der Waals surface area contributed by atoms with Gasteiger partial charge in [0.25, 0.3) is 0 Å². The summed E-state index contributed by atoms with van der Waals surface area (Å²) in [5, 5.41) is 0. The molecular weight excluding hydrogens is 300 g/mol.